The third kappa shape index (κ3) is 4.79. The van der Waals surface area contributed by atoms with E-state index in [1.807, 2.05) is 0 Å². The first-order valence-corrected chi connectivity index (χ1v) is 11.0. The molecular formula is C20H22F5N3O3S. The molecular weight excluding hydrogens is 457 g/mol. The zero-order valence-corrected chi connectivity index (χ0v) is 17.9. The first-order chi connectivity index (χ1) is 14.6. The van der Waals surface area contributed by atoms with E-state index < -0.39 is 51.5 Å². The quantitative estimate of drug-likeness (QED) is 0.391. The van der Waals surface area contributed by atoms with E-state index in [-0.39, 0.29) is 23.1 Å². The number of aliphatic hydroxyl groups is 2. The molecule has 1 heterocycles. The summed E-state index contributed by atoms with van der Waals surface area (Å²) in [6, 6.07) is 5.68. The van der Waals surface area contributed by atoms with Gasteiger partial charge in [0.25, 0.3) is 0 Å². The molecule has 1 aliphatic rings. The van der Waals surface area contributed by atoms with Crippen molar-refractivity contribution in [2.45, 2.75) is 43.3 Å². The van der Waals surface area contributed by atoms with Crippen molar-refractivity contribution in [3.05, 3.63) is 59.2 Å². The molecule has 0 amide bonds. The average molecular weight is 479 g/mol. The third-order valence-corrected chi connectivity index (χ3v) is 6.81. The van der Waals surface area contributed by atoms with E-state index in [4.69, 9.17) is 4.78 Å². The SMILES string of the molecule is Cc1cc(F)cc(-c2cccc(CC3C(NS(=N)(=O)C(F)(F)F)CC(O)(O)N3C)c2F)c1. The van der Waals surface area contributed by atoms with E-state index in [0.717, 1.165) is 11.0 Å². The van der Waals surface area contributed by atoms with E-state index in [0.29, 0.717) is 5.56 Å². The lowest BCUT2D eigenvalue weighted by Crippen LogP contribution is -2.49. The zero-order chi connectivity index (χ0) is 24.1. The van der Waals surface area contributed by atoms with Gasteiger partial charge in [-0.3, -0.25) is 4.90 Å². The van der Waals surface area contributed by atoms with Gasteiger partial charge in [-0.15, -0.1) is 0 Å². The largest absolute Gasteiger partial charge is 0.492 e. The highest BCUT2D eigenvalue weighted by Gasteiger charge is 2.52. The van der Waals surface area contributed by atoms with Crippen LogP contribution in [0.5, 0.6) is 0 Å². The number of nitrogens with zero attached hydrogens (tertiary/aromatic N) is 1. The Hall–Kier alpha value is -2.12. The number of nitrogens with one attached hydrogen (secondary N) is 2. The van der Waals surface area contributed by atoms with Gasteiger partial charge < -0.3 is 10.2 Å². The van der Waals surface area contributed by atoms with Gasteiger partial charge in [0.15, 0.2) is 0 Å². The van der Waals surface area contributed by atoms with Crippen molar-refractivity contribution in [3.8, 4) is 11.1 Å². The van der Waals surface area contributed by atoms with Crippen molar-refractivity contribution in [2.75, 3.05) is 7.05 Å². The van der Waals surface area contributed by atoms with Gasteiger partial charge in [-0.05, 0) is 49.2 Å². The van der Waals surface area contributed by atoms with Crippen LogP contribution in [0.15, 0.2) is 36.4 Å². The smallest absolute Gasteiger partial charge is 0.353 e. The molecule has 0 saturated carbocycles. The fourth-order valence-electron chi connectivity index (χ4n) is 3.87. The van der Waals surface area contributed by atoms with E-state index in [9.17, 15) is 32.0 Å². The average Bonchev–Trinajstić information content (AvgIpc) is 2.83. The number of benzene rings is 2. The summed E-state index contributed by atoms with van der Waals surface area (Å²) in [5.74, 6) is -3.87. The number of hydrogen-bond acceptors (Lipinski definition) is 5. The maximum atomic E-state index is 15.3. The van der Waals surface area contributed by atoms with Gasteiger partial charge in [0.05, 0.1) is 0 Å². The maximum absolute atomic E-state index is 15.3. The van der Waals surface area contributed by atoms with E-state index in [1.165, 1.54) is 31.3 Å². The number of likely N-dealkylation sites (N-methyl/N-ethyl adjacent to an activating group) is 1. The van der Waals surface area contributed by atoms with Crippen LogP contribution >= 0.6 is 0 Å². The summed E-state index contributed by atoms with van der Waals surface area (Å²) in [6.07, 6.45) is -0.983. The standard InChI is InChI=1S/C20H22F5N3O3S/c1-11-6-13(8-14(21)7-11)15-5-3-4-12(18(15)22)9-17-16(10-19(29,30)28(17)2)27-32(26,31)20(23,24)25/h3-8,16-17,29-30H,9-10H2,1-2H3,(H2,26,27,31). The van der Waals surface area contributed by atoms with Crippen molar-refractivity contribution >= 4 is 9.92 Å². The number of aryl methyl sites for hydroxylation is 1. The lowest BCUT2D eigenvalue weighted by atomic mass is 9.95. The maximum Gasteiger partial charge on any atom is 0.492 e. The van der Waals surface area contributed by atoms with Crippen LogP contribution in [0.2, 0.25) is 0 Å². The Morgan fingerprint density at radius 3 is 2.50 bits per heavy atom. The second-order valence-corrected chi connectivity index (χ2v) is 9.69. The first kappa shape index (κ1) is 24.5. The van der Waals surface area contributed by atoms with Crippen molar-refractivity contribution in [1.82, 2.24) is 9.62 Å². The normalized spacial score (nSPS) is 23.3. The molecule has 1 aliphatic heterocycles. The predicted octanol–water partition coefficient (Wildman–Crippen LogP) is 3.26. The molecule has 176 valence electrons. The fourth-order valence-corrected chi connectivity index (χ4v) is 4.67. The molecule has 1 fully saturated rings. The molecule has 3 unspecified atom stereocenters. The highest BCUT2D eigenvalue weighted by molar-refractivity contribution is 7.91. The van der Waals surface area contributed by atoms with E-state index >= 15 is 4.39 Å². The molecule has 0 aromatic heterocycles. The van der Waals surface area contributed by atoms with Gasteiger partial charge in [-0.1, -0.05) is 24.3 Å². The molecule has 0 radical (unpaired) electrons. The molecule has 2 aromatic carbocycles. The number of halogens is 5. The molecule has 3 rings (SSSR count). The van der Waals surface area contributed by atoms with Crippen LogP contribution in [0.3, 0.4) is 0 Å². The predicted molar refractivity (Wildman–Crippen MR) is 107 cm³/mol. The van der Waals surface area contributed by atoms with Crippen molar-refractivity contribution < 1.29 is 36.4 Å². The summed E-state index contributed by atoms with van der Waals surface area (Å²) in [6.45, 7) is 1.64. The van der Waals surface area contributed by atoms with Crippen LogP contribution in [0.4, 0.5) is 22.0 Å². The number of alkyl halides is 3. The van der Waals surface area contributed by atoms with Gasteiger partial charge in [-0.25, -0.2) is 22.5 Å². The Morgan fingerprint density at radius 2 is 1.91 bits per heavy atom. The second kappa shape index (κ2) is 8.34. The summed E-state index contributed by atoms with van der Waals surface area (Å²) in [7, 11) is -4.07. The minimum Gasteiger partial charge on any atom is -0.353 e. The van der Waals surface area contributed by atoms with Gasteiger partial charge in [0, 0.05) is 24.1 Å². The lowest BCUT2D eigenvalue weighted by Gasteiger charge is -2.30. The minimum atomic E-state index is -5.38. The van der Waals surface area contributed by atoms with Crippen LogP contribution in [0, 0.1) is 23.3 Å². The van der Waals surface area contributed by atoms with Crippen LogP contribution in [0.25, 0.3) is 11.1 Å². The monoisotopic (exact) mass is 479 g/mol. The fraction of sp³-hybridized carbons (Fsp3) is 0.400. The van der Waals surface area contributed by atoms with Crippen molar-refractivity contribution in [2.24, 2.45) is 0 Å². The van der Waals surface area contributed by atoms with Gasteiger partial charge in [0.2, 0.25) is 15.8 Å². The van der Waals surface area contributed by atoms with Crippen LogP contribution < -0.4 is 4.72 Å². The van der Waals surface area contributed by atoms with Crippen LogP contribution in [-0.4, -0.2) is 49.9 Å². The Morgan fingerprint density at radius 1 is 1.25 bits per heavy atom. The highest BCUT2D eigenvalue weighted by atomic mass is 32.2. The summed E-state index contributed by atoms with van der Waals surface area (Å²) < 4.78 is 88.5. The third-order valence-electron chi connectivity index (χ3n) is 5.52. The highest BCUT2D eigenvalue weighted by Crippen LogP contribution is 2.35. The zero-order valence-electron chi connectivity index (χ0n) is 17.1. The number of likely N-dealkylation sites (tertiary alicyclic amines) is 1. The molecule has 6 nitrogen and oxygen atoms in total. The molecule has 0 spiro atoms. The molecule has 4 N–H and O–H groups in total. The Bertz CT molecular complexity index is 1100. The Labute approximate surface area is 181 Å². The topological polar surface area (TPSA) is 96.7 Å². The molecule has 32 heavy (non-hydrogen) atoms. The van der Waals surface area contributed by atoms with Gasteiger partial charge in [0.1, 0.15) is 11.6 Å². The summed E-state index contributed by atoms with van der Waals surface area (Å²) >= 11 is 0. The van der Waals surface area contributed by atoms with E-state index in [1.54, 1.807) is 17.7 Å². The molecule has 12 heteroatoms. The first-order valence-electron chi connectivity index (χ1n) is 9.47. The lowest BCUT2D eigenvalue weighted by molar-refractivity contribution is -0.243. The number of rotatable bonds is 5. The Balaban J connectivity index is 1.97. The number of hydrogen-bond donors (Lipinski definition) is 4. The van der Waals surface area contributed by atoms with Crippen molar-refractivity contribution in [1.29, 1.82) is 4.78 Å². The second-order valence-electron chi connectivity index (χ2n) is 7.88. The van der Waals surface area contributed by atoms with Gasteiger partial charge in [-0.2, -0.15) is 13.2 Å². The summed E-state index contributed by atoms with van der Waals surface area (Å²) in [5.41, 5.74) is -4.47. The molecule has 0 bridgehead atoms. The molecule has 1 saturated heterocycles. The van der Waals surface area contributed by atoms with Crippen LogP contribution in [-0.2, 0) is 16.3 Å². The molecule has 3 atom stereocenters. The van der Waals surface area contributed by atoms with Crippen molar-refractivity contribution in [3.63, 3.8) is 0 Å². The Kier molecular flexibility index (Phi) is 6.39. The van der Waals surface area contributed by atoms with E-state index in [2.05, 4.69) is 0 Å². The molecule has 2 aromatic rings. The minimum absolute atomic E-state index is 0.0225. The summed E-state index contributed by atoms with van der Waals surface area (Å²) in [4.78, 5) is 0.926. The summed E-state index contributed by atoms with van der Waals surface area (Å²) in [5, 5.41) is 20.2. The molecule has 0 aliphatic carbocycles. The van der Waals surface area contributed by atoms with Gasteiger partial charge >= 0.3 is 5.51 Å². The van der Waals surface area contributed by atoms with Crippen LogP contribution in [0.1, 0.15) is 17.5 Å².